The van der Waals surface area contributed by atoms with Crippen LogP contribution in [0.4, 0.5) is 0 Å². The van der Waals surface area contributed by atoms with E-state index in [-0.39, 0.29) is 136 Å². The van der Waals surface area contributed by atoms with Crippen molar-refractivity contribution in [2.24, 2.45) is 0 Å². The van der Waals surface area contributed by atoms with E-state index in [1.54, 1.807) is 40.7 Å². The maximum Gasteiger partial charge on any atom is 0.264 e. The van der Waals surface area contributed by atoms with Crippen LogP contribution < -0.4 is 53.8 Å². The van der Waals surface area contributed by atoms with Crippen molar-refractivity contribution in [3.8, 4) is 46.0 Å². The first kappa shape index (κ1) is 82.0. The number of hydrogen-bond donors (Lipinski definition) is 8. The largest absolute Gasteiger partial charge is 0.493 e. The minimum atomic E-state index is -4.35. The lowest BCUT2D eigenvalue weighted by atomic mass is 10.1. The van der Waals surface area contributed by atoms with E-state index in [4.69, 9.17) is 51.6 Å². The van der Waals surface area contributed by atoms with Gasteiger partial charge in [-0.25, -0.2) is 0 Å². The molecule has 8 N–H and O–H groups in total. The van der Waals surface area contributed by atoms with Crippen LogP contribution in [0.2, 0.25) is 0 Å². The summed E-state index contributed by atoms with van der Waals surface area (Å²) in [6, 6.07) is 10.3. The highest BCUT2D eigenvalue weighted by atomic mass is 32.2. The number of ether oxygens (including phenoxy) is 8. The summed E-state index contributed by atoms with van der Waals surface area (Å²) in [5.41, 5.74) is 1.93. The zero-order valence-corrected chi connectivity index (χ0v) is 58.9. The Hall–Kier alpha value is -7.70. The normalized spacial score (nSPS) is 12.0. The van der Waals surface area contributed by atoms with E-state index in [0.29, 0.717) is 107 Å². The molecule has 0 radical (unpaired) electrons. The van der Waals surface area contributed by atoms with Gasteiger partial charge in [0.2, 0.25) is 11.5 Å². The van der Waals surface area contributed by atoms with Crippen LogP contribution in [0, 0.1) is 0 Å². The van der Waals surface area contributed by atoms with Gasteiger partial charge in [0.25, 0.3) is 68.3 Å². The minimum absolute atomic E-state index is 0.00633. The number of benzene rings is 3. The summed E-state index contributed by atoms with van der Waals surface area (Å²) in [5, 5.41) is 25.4. The predicted octanol–water partition coefficient (Wildman–Crippen LogP) is 4.14. The van der Waals surface area contributed by atoms with Crippen molar-refractivity contribution in [3.63, 3.8) is 0 Å². The number of aryl methyl sites for hydroxylation is 4. The number of aromatic nitrogens is 6. The molecule has 35 nitrogen and oxygen atoms in total. The Labute approximate surface area is 575 Å². The summed E-state index contributed by atoms with van der Waals surface area (Å²) in [7, 11) is -21.6. The number of carbonyl (C=O) groups excluding carboxylic acids is 3. The number of hydrogen-bond acceptors (Lipinski definition) is 25. The second-order valence-corrected chi connectivity index (χ2v) is 30.1. The van der Waals surface area contributed by atoms with Crippen LogP contribution in [0.25, 0.3) is 0 Å². The molecule has 0 bridgehead atoms. The molecule has 0 unspecified atom stereocenters. The molecule has 2 aromatic heterocycles. The van der Waals surface area contributed by atoms with Gasteiger partial charge in [0.05, 0.1) is 93.0 Å². The van der Waals surface area contributed by atoms with Crippen molar-refractivity contribution in [1.29, 1.82) is 0 Å². The molecule has 5 aromatic rings. The molecule has 2 heterocycles. The summed E-state index contributed by atoms with van der Waals surface area (Å²) < 4.78 is 209. The lowest BCUT2D eigenvalue weighted by molar-refractivity contribution is 0.0943. The summed E-state index contributed by atoms with van der Waals surface area (Å²) in [4.78, 5) is 39.9. The highest BCUT2D eigenvalue weighted by Gasteiger charge is 2.23. The summed E-state index contributed by atoms with van der Waals surface area (Å²) in [6.45, 7) is 4.79. The van der Waals surface area contributed by atoms with Gasteiger partial charge in [-0.15, -0.1) is 10.2 Å². The third-order valence-corrected chi connectivity index (χ3v) is 17.6. The van der Waals surface area contributed by atoms with Gasteiger partial charge in [-0.3, -0.25) is 46.5 Å². The number of amides is 3. The molecule has 0 aliphatic heterocycles. The van der Waals surface area contributed by atoms with E-state index >= 15 is 0 Å². The van der Waals surface area contributed by atoms with E-state index in [9.17, 15) is 65.6 Å². The Morgan fingerprint density at radius 3 is 1.03 bits per heavy atom. The smallest absolute Gasteiger partial charge is 0.264 e. The lowest BCUT2D eigenvalue weighted by Gasteiger charge is -2.18. The minimum Gasteiger partial charge on any atom is -0.493 e. The Bertz CT molecular complexity index is 3930. The zero-order chi connectivity index (χ0) is 72.5. The zero-order valence-electron chi connectivity index (χ0n) is 54.9. The van der Waals surface area contributed by atoms with Crippen molar-refractivity contribution in [2.45, 2.75) is 117 Å². The maximum absolute atomic E-state index is 13.5. The number of nitrogens with one attached hydrogen (secondary N) is 3. The summed E-state index contributed by atoms with van der Waals surface area (Å²) in [6.07, 6.45) is 8.27. The van der Waals surface area contributed by atoms with E-state index in [1.807, 2.05) is 13.1 Å². The SMILES string of the molecule is CCCNC(=O)c1cc(OCCCCc2cn(CCCNC(=O)c3cc(OCC)c(OCCCS(=O)(=O)O)c(OCCCS(=O)(=O)O)c3)nn2)cc(OCCCCc2cn(CCCNC(=O)c3cc(OCCCS(=O)(=O)O)c(OCCCS(=O)(=O)O)c(OCCCS(=O)(=O)O)c3)nn2)c1. The molecule has 0 saturated carbocycles. The monoisotopic (exact) mass is 1500 g/mol. The van der Waals surface area contributed by atoms with Crippen LogP contribution in [0.15, 0.2) is 54.9 Å². The number of carbonyl (C=O) groups is 3. The van der Waals surface area contributed by atoms with Gasteiger partial charge in [-0.1, -0.05) is 17.4 Å². The van der Waals surface area contributed by atoms with Gasteiger partial charge in [0, 0.05) is 67.9 Å². The molecule has 3 amide bonds. The molecule has 554 valence electrons. The van der Waals surface area contributed by atoms with Crippen molar-refractivity contribution in [2.75, 3.05) is 101 Å². The molecule has 0 spiro atoms. The first-order valence-corrected chi connectivity index (χ1v) is 39.8. The van der Waals surface area contributed by atoms with E-state index in [0.717, 1.165) is 12.1 Å². The standard InChI is InChI=1S/C59H87N9O26S5/c1-3-18-60-57(69)44-35-49(88-23-7-5-16-47-42-67(65-63-47)21-9-19-61-58(70)45-37-51(87-4-2)55(93-28-14-33-98(81,82)83)52(38-45)90-25-11-30-95(72,73)74)41-50(36-44)89-24-8-6-17-48-43-68(66-64-48)22-10-20-62-59(71)46-39-53(91-26-12-31-96(75,76)77)56(94-29-15-34-99(84,85)86)54(40-46)92-27-13-32-97(78,79)80/h35-43H,3-34H2,1-2H3,(H,60,69)(H,61,70)(H,62,71)(H,72,73,74)(H,75,76,77)(H,78,79,80)(H,81,82,83)(H,84,85,86). The fourth-order valence-corrected chi connectivity index (χ4v) is 11.4. The molecule has 99 heavy (non-hydrogen) atoms. The second-order valence-electron chi connectivity index (χ2n) is 22.2. The Morgan fingerprint density at radius 2 is 0.697 bits per heavy atom. The first-order chi connectivity index (χ1) is 46.9. The highest BCUT2D eigenvalue weighted by molar-refractivity contribution is 7.86. The average molecular weight is 1500 g/mol. The van der Waals surface area contributed by atoms with Crippen molar-refractivity contribution in [3.05, 3.63) is 82.9 Å². The van der Waals surface area contributed by atoms with Gasteiger partial charge in [0.1, 0.15) is 11.5 Å². The summed E-state index contributed by atoms with van der Waals surface area (Å²) in [5.74, 6) is -3.93. The van der Waals surface area contributed by atoms with Crippen LogP contribution >= 0.6 is 0 Å². The fraction of sp³-hybridized carbons (Fsp3) is 0.576. The lowest BCUT2D eigenvalue weighted by Crippen LogP contribution is -2.25. The number of rotatable bonds is 52. The summed E-state index contributed by atoms with van der Waals surface area (Å²) >= 11 is 0. The molecular weight excluding hydrogens is 1410 g/mol. The maximum atomic E-state index is 13.5. The molecule has 5 rings (SSSR count). The van der Waals surface area contributed by atoms with E-state index < -0.39 is 91.2 Å². The fourth-order valence-electron chi connectivity index (χ4n) is 9.01. The van der Waals surface area contributed by atoms with E-state index in [1.165, 1.54) is 24.3 Å². The molecule has 0 fully saturated rings. The number of nitrogens with zero attached hydrogens (tertiary/aromatic N) is 6. The first-order valence-electron chi connectivity index (χ1n) is 31.8. The van der Waals surface area contributed by atoms with Crippen LogP contribution in [-0.2, 0) is 76.5 Å². The average Bonchev–Trinajstić information content (AvgIpc) is 1.12. The molecule has 0 atom stereocenters. The third-order valence-electron chi connectivity index (χ3n) is 13.6. The topological polar surface area (TPSA) is 494 Å². The van der Waals surface area contributed by atoms with Crippen LogP contribution in [0.5, 0.6) is 46.0 Å². The van der Waals surface area contributed by atoms with Crippen LogP contribution in [-0.4, -0.2) is 214 Å². The van der Waals surface area contributed by atoms with Gasteiger partial charge in [-0.05, 0) is 133 Å². The Morgan fingerprint density at radius 1 is 0.384 bits per heavy atom. The molecule has 0 aliphatic carbocycles. The molecule has 3 aromatic carbocycles. The number of unbranched alkanes of at least 4 members (excludes halogenated alkanes) is 2. The molecule has 0 aliphatic rings. The van der Waals surface area contributed by atoms with Gasteiger partial charge >= 0.3 is 0 Å². The van der Waals surface area contributed by atoms with Crippen molar-refractivity contribution in [1.82, 2.24) is 45.9 Å². The molecular formula is C59H87N9O26S5. The quantitative estimate of drug-likeness (QED) is 0.0200. The highest BCUT2D eigenvalue weighted by Crippen LogP contribution is 2.41. The van der Waals surface area contributed by atoms with Gasteiger partial charge in [-0.2, -0.15) is 42.1 Å². The third kappa shape index (κ3) is 34.3. The van der Waals surface area contributed by atoms with E-state index in [2.05, 4.69) is 36.6 Å². The van der Waals surface area contributed by atoms with Crippen molar-refractivity contribution < 1.29 is 117 Å². The van der Waals surface area contributed by atoms with Gasteiger partial charge in [0.15, 0.2) is 23.0 Å². The predicted molar refractivity (Wildman–Crippen MR) is 357 cm³/mol. The Balaban J connectivity index is 1.06. The Kier molecular flexibility index (Phi) is 34.1. The molecule has 0 saturated heterocycles. The van der Waals surface area contributed by atoms with Crippen molar-refractivity contribution >= 4 is 68.3 Å². The van der Waals surface area contributed by atoms with Gasteiger partial charge < -0.3 is 53.8 Å². The van der Waals surface area contributed by atoms with Crippen LogP contribution in [0.1, 0.15) is 133 Å². The van der Waals surface area contributed by atoms with Crippen LogP contribution in [0.3, 0.4) is 0 Å². The molecule has 40 heteroatoms. The second kappa shape index (κ2) is 41.1.